The number of hydrogen-bond acceptors (Lipinski definition) is 7. The predicted molar refractivity (Wildman–Crippen MR) is 118 cm³/mol. The molecule has 0 aliphatic heterocycles. The number of carbonyl (C=O) groups is 4. The summed E-state index contributed by atoms with van der Waals surface area (Å²) in [6, 6.07) is 2.97. The van der Waals surface area contributed by atoms with Crippen LogP contribution in [-0.4, -0.2) is 45.9 Å². The summed E-state index contributed by atoms with van der Waals surface area (Å²) in [4.78, 5) is 49.4. The first kappa shape index (κ1) is 23.0. The van der Waals surface area contributed by atoms with Crippen LogP contribution in [0.4, 0.5) is 0 Å². The summed E-state index contributed by atoms with van der Waals surface area (Å²) in [5.74, 6) is -3.30. The molecule has 1 heterocycles. The van der Waals surface area contributed by atoms with Crippen LogP contribution in [-0.2, 0) is 19.1 Å². The topological polar surface area (TPSA) is 131 Å². The van der Waals surface area contributed by atoms with Gasteiger partial charge in [0, 0.05) is 5.41 Å². The Morgan fingerprint density at radius 3 is 2.65 bits per heavy atom. The van der Waals surface area contributed by atoms with Crippen LogP contribution in [0.5, 0.6) is 0 Å². The zero-order chi connectivity index (χ0) is 24.5. The Bertz CT molecular complexity index is 1070. The molecule has 8 nitrogen and oxygen atoms in total. The van der Waals surface area contributed by atoms with Gasteiger partial charge in [-0.15, -0.1) is 0 Å². The number of furan rings is 1. The molecule has 34 heavy (non-hydrogen) atoms. The minimum Gasteiger partial charge on any atom is -0.478 e. The standard InChI is InChI=1S/C26H30O8/c1-24-11-14(13-27)18(28)10-15(24)5-6-16-17-7-8-26(23(31)32,25(17,2)12-19(29)21(16)24)34-22(30)20-4-3-9-33-20/h3-4,9-10,13-14,16-17,19,21,29H,5-8,11-12H2,1-2H3,(H,31,32)/t14?,16-,17-,19?,21+,24-,25-,26?/m0/s1. The van der Waals surface area contributed by atoms with Crippen molar-refractivity contribution in [1.29, 1.82) is 0 Å². The summed E-state index contributed by atoms with van der Waals surface area (Å²) in [5.41, 5.74) is -2.29. The van der Waals surface area contributed by atoms with Crippen LogP contribution in [0.1, 0.15) is 62.9 Å². The van der Waals surface area contributed by atoms with Crippen molar-refractivity contribution in [3.8, 4) is 0 Å². The van der Waals surface area contributed by atoms with E-state index in [-0.39, 0.29) is 42.1 Å². The van der Waals surface area contributed by atoms with Crippen molar-refractivity contribution in [1.82, 2.24) is 0 Å². The normalized spacial score (nSPS) is 43.2. The third-order valence-electron chi connectivity index (χ3n) is 9.62. The maximum atomic E-state index is 12.8. The second-order valence-electron chi connectivity index (χ2n) is 11.0. The number of ketones is 1. The lowest BCUT2D eigenvalue weighted by atomic mass is 9.45. The number of hydrogen-bond donors (Lipinski definition) is 2. The Labute approximate surface area is 197 Å². The highest BCUT2D eigenvalue weighted by molar-refractivity contribution is 6.02. The average Bonchev–Trinajstić information content (AvgIpc) is 3.41. The summed E-state index contributed by atoms with van der Waals surface area (Å²) in [7, 11) is 0. The minimum atomic E-state index is -1.78. The molecule has 4 aliphatic carbocycles. The van der Waals surface area contributed by atoms with Crippen molar-refractivity contribution < 1.29 is 38.5 Å². The van der Waals surface area contributed by atoms with Gasteiger partial charge < -0.3 is 24.2 Å². The van der Waals surface area contributed by atoms with Crippen LogP contribution < -0.4 is 0 Å². The fourth-order valence-electron chi connectivity index (χ4n) is 8.08. The first-order valence-corrected chi connectivity index (χ1v) is 12.0. The summed E-state index contributed by atoms with van der Waals surface area (Å²) in [6.45, 7) is 3.85. The molecule has 0 amide bonds. The zero-order valence-electron chi connectivity index (χ0n) is 19.4. The number of carboxylic acid groups (broad SMARTS) is 1. The first-order valence-electron chi connectivity index (χ1n) is 12.0. The monoisotopic (exact) mass is 470 g/mol. The fourth-order valence-corrected chi connectivity index (χ4v) is 8.08. The molecule has 182 valence electrons. The number of carbonyl (C=O) groups excluding carboxylic acids is 3. The number of esters is 1. The van der Waals surface area contributed by atoms with Crippen molar-refractivity contribution in [3.63, 3.8) is 0 Å². The van der Waals surface area contributed by atoms with E-state index in [1.807, 2.05) is 13.8 Å². The molecule has 0 bridgehead atoms. The van der Waals surface area contributed by atoms with E-state index in [0.29, 0.717) is 32.0 Å². The van der Waals surface area contributed by atoms with Crippen LogP contribution in [0.15, 0.2) is 34.5 Å². The highest BCUT2D eigenvalue weighted by Gasteiger charge is 2.71. The number of aliphatic hydroxyl groups excluding tert-OH is 1. The van der Waals surface area contributed by atoms with Gasteiger partial charge in [-0.05, 0) is 79.9 Å². The fraction of sp³-hybridized carbons (Fsp3) is 0.615. The van der Waals surface area contributed by atoms with Gasteiger partial charge in [0.1, 0.15) is 6.29 Å². The van der Waals surface area contributed by atoms with Gasteiger partial charge in [0.2, 0.25) is 11.4 Å². The Morgan fingerprint density at radius 1 is 1.24 bits per heavy atom. The molecule has 1 aromatic heterocycles. The van der Waals surface area contributed by atoms with Crippen molar-refractivity contribution in [2.75, 3.05) is 0 Å². The van der Waals surface area contributed by atoms with Gasteiger partial charge in [0.15, 0.2) is 5.78 Å². The Morgan fingerprint density at radius 2 is 2.00 bits per heavy atom. The Balaban J connectivity index is 1.52. The zero-order valence-corrected chi connectivity index (χ0v) is 19.4. The molecule has 5 rings (SSSR count). The van der Waals surface area contributed by atoms with E-state index in [0.717, 1.165) is 5.57 Å². The molecule has 1 aromatic rings. The van der Waals surface area contributed by atoms with E-state index in [1.165, 1.54) is 18.4 Å². The number of aliphatic hydroxyl groups is 1. The summed E-state index contributed by atoms with van der Waals surface area (Å²) in [6.07, 6.45) is 5.36. The van der Waals surface area contributed by atoms with E-state index in [2.05, 4.69) is 0 Å². The van der Waals surface area contributed by atoms with E-state index in [1.54, 1.807) is 6.08 Å². The quantitative estimate of drug-likeness (QED) is 0.390. The number of ether oxygens (including phenoxy) is 1. The number of carboxylic acids is 1. The second kappa shape index (κ2) is 7.63. The molecule has 4 aliphatic rings. The van der Waals surface area contributed by atoms with Crippen molar-refractivity contribution in [3.05, 3.63) is 35.8 Å². The molecular formula is C26H30O8. The minimum absolute atomic E-state index is 0.0139. The van der Waals surface area contributed by atoms with Crippen LogP contribution >= 0.6 is 0 Å². The summed E-state index contributed by atoms with van der Waals surface area (Å²) >= 11 is 0. The van der Waals surface area contributed by atoms with Crippen molar-refractivity contribution >= 4 is 24.0 Å². The van der Waals surface area contributed by atoms with E-state index in [4.69, 9.17) is 9.15 Å². The molecule has 8 atom stereocenters. The van der Waals surface area contributed by atoms with Gasteiger partial charge in [0.05, 0.1) is 18.3 Å². The van der Waals surface area contributed by atoms with Gasteiger partial charge in [-0.1, -0.05) is 19.4 Å². The lowest BCUT2D eigenvalue weighted by Crippen LogP contribution is -2.63. The van der Waals surface area contributed by atoms with Gasteiger partial charge in [-0.2, -0.15) is 0 Å². The first-order chi connectivity index (χ1) is 16.1. The predicted octanol–water partition coefficient (Wildman–Crippen LogP) is 3.19. The maximum absolute atomic E-state index is 12.8. The van der Waals surface area contributed by atoms with E-state index >= 15 is 0 Å². The molecule has 8 heteroatoms. The third kappa shape index (κ3) is 2.93. The van der Waals surface area contributed by atoms with Gasteiger partial charge in [0.25, 0.3) is 0 Å². The number of rotatable bonds is 4. The van der Waals surface area contributed by atoms with E-state index in [9.17, 15) is 29.4 Å². The smallest absolute Gasteiger partial charge is 0.375 e. The van der Waals surface area contributed by atoms with Crippen LogP contribution in [0, 0.1) is 34.5 Å². The number of allylic oxidation sites excluding steroid dienone is 1. The van der Waals surface area contributed by atoms with E-state index < -0.39 is 40.4 Å². The van der Waals surface area contributed by atoms with Crippen LogP contribution in [0.3, 0.4) is 0 Å². The maximum Gasteiger partial charge on any atom is 0.375 e. The highest BCUT2D eigenvalue weighted by atomic mass is 16.6. The van der Waals surface area contributed by atoms with Crippen molar-refractivity contribution in [2.24, 2.45) is 34.5 Å². The number of aliphatic carboxylic acids is 1. The number of aldehydes is 1. The molecule has 0 spiro atoms. The molecule has 3 fully saturated rings. The van der Waals surface area contributed by atoms with Gasteiger partial charge in [-0.3, -0.25) is 4.79 Å². The lowest BCUT2D eigenvalue weighted by molar-refractivity contribution is -0.196. The van der Waals surface area contributed by atoms with Gasteiger partial charge >= 0.3 is 11.9 Å². The average molecular weight is 471 g/mol. The van der Waals surface area contributed by atoms with Crippen LogP contribution in [0.2, 0.25) is 0 Å². The summed E-state index contributed by atoms with van der Waals surface area (Å²) in [5, 5.41) is 21.9. The molecule has 0 saturated heterocycles. The molecule has 3 unspecified atom stereocenters. The lowest BCUT2D eigenvalue weighted by Gasteiger charge is -2.60. The van der Waals surface area contributed by atoms with Crippen molar-refractivity contribution in [2.45, 2.75) is 64.1 Å². The van der Waals surface area contributed by atoms with Gasteiger partial charge in [-0.25, -0.2) is 9.59 Å². The highest BCUT2D eigenvalue weighted by Crippen LogP contribution is 2.68. The molecule has 0 radical (unpaired) electrons. The largest absolute Gasteiger partial charge is 0.478 e. The Kier molecular flexibility index (Phi) is 5.17. The Hall–Kier alpha value is -2.74. The molecule has 3 saturated carbocycles. The second-order valence-corrected chi connectivity index (χ2v) is 11.0. The molecule has 2 N–H and O–H groups in total. The molecule has 0 aromatic carbocycles. The number of fused-ring (bicyclic) bond motifs is 5. The van der Waals surface area contributed by atoms with Crippen LogP contribution in [0.25, 0.3) is 0 Å². The third-order valence-corrected chi connectivity index (χ3v) is 9.62. The molecular weight excluding hydrogens is 440 g/mol. The summed E-state index contributed by atoms with van der Waals surface area (Å²) < 4.78 is 10.9. The SMILES string of the molecule is C[C@]12CC(C=O)C(=O)C=C1CC[C@@H]1[C@@H]2C(O)C[C@@]2(C)[C@H]1CCC2(OC(=O)c1ccco1)C(=O)O.